The van der Waals surface area contributed by atoms with Crippen LogP contribution in [0.3, 0.4) is 0 Å². The first-order valence-corrected chi connectivity index (χ1v) is 8.07. The molecule has 2 aliphatic carbocycles. The summed E-state index contributed by atoms with van der Waals surface area (Å²) in [7, 11) is 0. The smallest absolute Gasteiger partial charge is 0.1000 e. The monoisotopic (exact) mass is 282 g/mol. The molecule has 2 aromatic rings. The Bertz CT molecular complexity index is 661. The lowest BCUT2D eigenvalue weighted by Gasteiger charge is -2.36. The van der Waals surface area contributed by atoms with E-state index in [0.29, 0.717) is 5.92 Å². The van der Waals surface area contributed by atoms with E-state index >= 15 is 0 Å². The highest BCUT2D eigenvalue weighted by Crippen LogP contribution is 2.44. The Morgan fingerprint density at radius 3 is 2.76 bits per heavy atom. The molecule has 0 saturated heterocycles. The molecule has 3 nitrogen and oxygen atoms in total. The molecule has 0 saturated carbocycles. The predicted molar refractivity (Wildman–Crippen MR) is 82.3 cm³/mol. The minimum absolute atomic E-state index is 0.129. The fourth-order valence-corrected chi connectivity index (χ4v) is 4.10. The van der Waals surface area contributed by atoms with E-state index in [4.69, 9.17) is 0 Å². The van der Waals surface area contributed by atoms with Gasteiger partial charge in [0.05, 0.1) is 24.2 Å². The molecular weight excluding hydrogens is 260 g/mol. The number of fused-ring (bicyclic) bond motifs is 2. The Balaban J connectivity index is 1.75. The third-order valence-electron chi connectivity index (χ3n) is 5.22. The first kappa shape index (κ1) is 13.1. The van der Waals surface area contributed by atoms with Gasteiger partial charge in [0.1, 0.15) is 0 Å². The van der Waals surface area contributed by atoms with Crippen molar-refractivity contribution in [1.29, 1.82) is 0 Å². The van der Waals surface area contributed by atoms with Gasteiger partial charge in [-0.1, -0.05) is 31.2 Å². The first-order chi connectivity index (χ1) is 10.3. The molecule has 1 aromatic carbocycles. The third-order valence-corrected chi connectivity index (χ3v) is 5.22. The molecule has 110 valence electrons. The van der Waals surface area contributed by atoms with Crippen LogP contribution in [0.1, 0.15) is 66.8 Å². The van der Waals surface area contributed by atoms with Crippen molar-refractivity contribution in [3.8, 4) is 0 Å². The van der Waals surface area contributed by atoms with Crippen LogP contribution in [0.4, 0.5) is 0 Å². The number of hydrogen-bond donors (Lipinski definition) is 1. The van der Waals surface area contributed by atoms with Crippen LogP contribution in [0.15, 0.2) is 30.6 Å². The van der Waals surface area contributed by atoms with Gasteiger partial charge in [-0.3, -0.25) is 0 Å². The molecule has 0 aliphatic heterocycles. The van der Waals surface area contributed by atoms with E-state index in [1.807, 2.05) is 12.4 Å². The first-order valence-electron chi connectivity index (χ1n) is 8.07. The van der Waals surface area contributed by atoms with Crippen LogP contribution in [0.2, 0.25) is 0 Å². The number of rotatable bonds is 1. The molecule has 0 spiro atoms. The van der Waals surface area contributed by atoms with Gasteiger partial charge in [0.15, 0.2) is 0 Å². The molecule has 0 bridgehead atoms. The average Bonchev–Trinajstić information content (AvgIpc) is 2.95. The molecule has 0 fully saturated rings. The van der Waals surface area contributed by atoms with Crippen molar-refractivity contribution in [1.82, 2.24) is 9.55 Å². The maximum atomic E-state index is 10.9. The quantitative estimate of drug-likeness (QED) is 0.868. The van der Waals surface area contributed by atoms with E-state index in [2.05, 4.69) is 34.7 Å². The van der Waals surface area contributed by atoms with Crippen LogP contribution in [-0.4, -0.2) is 14.7 Å². The Kier molecular flexibility index (Phi) is 3.11. The predicted octanol–water partition coefficient (Wildman–Crippen LogP) is 3.54. The minimum atomic E-state index is -0.419. The second-order valence-corrected chi connectivity index (χ2v) is 6.53. The van der Waals surface area contributed by atoms with Crippen molar-refractivity contribution < 1.29 is 5.11 Å². The van der Waals surface area contributed by atoms with Crippen LogP contribution in [0, 0.1) is 0 Å². The van der Waals surface area contributed by atoms with Crippen LogP contribution in [0.25, 0.3) is 0 Å². The van der Waals surface area contributed by atoms with Crippen molar-refractivity contribution in [2.24, 2.45) is 0 Å². The fourth-order valence-electron chi connectivity index (χ4n) is 4.10. The third kappa shape index (κ3) is 2.03. The Labute approximate surface area is 125 Å². The zero-order valence-corrected chi connectivity index (χ0v) is 12.5. The fraction of sp³-hybridized carbons (Fsp3) is 0.500. The second-order valence-electron chi connectivity index (χ2n) is 6.53. The van der Waals surface area contributed by atoms with E-state index in [9.17, 15) is 5.11 Å². The van der Waals surface area contributed by atoms with Crippen molar-refractivity contribution in [2.75, 3.05) is 0 Å². The number of nitrogens with zero attached hydrogens (tertiary/aromatic N) is 2. The maximum absolute atomic E-state index is 10.9. The van der Waals surface area contributed by atoms with Crippen LogP contribution in [0.5, 0.6) is 0 Å². The summed E-state index contributed by atoms with van der Waals surface area (Å²) in [5.74, 6) is 0.483. The number of imidazole rings is 1. The number of benzene rings is 1. The lowest BCUT2D eigenvalue weighted by atomic mass is 9.79. The largest absolute Gasteiger partial charge is 0.386 e. The molecule has 21 heavy (non-hydrogen) atoms. The van der Waals surface area contributed by atoms with Crippen molar-refractivity contribution in [3.05, 3.63) is 53.1 Å². The average molecular weight is 282 g/mol. The highest BCUT2D eigenvalue weighted by molar-refractivity contribution is 5.35. The summed E-state index contributed by atoms with van der Waals surface area (Å²) in [6, 6.07) is 8.46. The standard InChI is InChI=1S/C18H22N2O/c1-12-10-17(18(21)14-7-3-2-6-13(12)14)20-11-19-15-8-4-5-9-16(15)20/h2-3,6-7,11-12,17-18,21H,4-5,8-10H2,1H3. The number of aliphatic hydroxyl groups is 1. The molecule has 3 atom stereocenters. The van der Waals surface area contributed by atoms with Gasteiger partial charge in [0.2, 0.25) is 0 Å². The zero-order chi connectivity index (χ0) is 14.4. The van der Waals surface area contributed by atoms with Gasteiger partial charge in [-0.15, -0.1) is 0 Å². The molecule has 1 N–H and O–H groups in total. The molecule has 2 aliphatic rings. The second kappa shape index (κ2) is 4.99. The number of aryl methyl sites for hydroxylation is 1. The molecule has 3 heteroatoms. The normalized spacial score (nSPS) is 28.0. The SMILES string of the molecule is CC1CC(n2cnc3c2CCCC3)C(O)c2ccccc21. The van der Waals surface area contributed by atoms with Crippen LogP contribution < -0.4 is 0 Å². The zero-order valence-electron chi connectivity index (χ0n) is 12.5. The summed E-state index contributed by atoms with van der Waals surface area (Å²) >= 11 is 0. The van der Waals surface area contributed by atoms with E-state index < -0.39 is 6.10 Å². The van der Waals surface area contributed by atoms with Gasteiger partial charge in [0, 0.05) is 5.69 Å². The molecule has 0 radical (unpaired) electrons. The molecule has 3 unspecified atom stereocenters. The Hall–Kier alpha value is -1.61. The van der Waals surface area contributed by atoms with Gasteiger partial charge in [-0.25, -0.2) is 4.98 Å². The highest BCUT2D eigenvalue weighted by Gasteiger charge is 2.34. The molecule has 4 rings (SSSR count). The van der Waals surface area contributed by atoms with Crippen molar-refractivity contribution >= 4 is 0 Å². The number of aliphatic hydroxyl groups excluding tert-OH is 1. The van der Waals surface area contributed by atoms with Gasteiger partial charge in [-0.05, 0) is 49.1 Å². The lowest BCUT2D eigenvalue weighted by molar-refractivity contribution is 0.0914. The molecule has 1 heterocycles. The van der Waals surface area contributed by atoms with E-state index in [-0.39, 0.29) is 6.04 Å². The minimum Gasteiger partial charge on any atom is -0.386 e. The van der Waals surface area contributed by atoms with Gasteiger partial charge >= 0.3 is 0 Å². The summed E-state index contributed by atoms with van der Waals surface area (Å²) in [5, 5.41) is 10.9. The lowest BCUT2D eigenvalue weighted by Crippen LogP contribution is -2.27. The van der Waals surface area contributed by atoms with Crippen molar-refractivity contribution in [3.63, 3.8) is 0 Å². The molecular formula is C18H22N2O. The van der Waals surface area contributed by atoms with Gasteiger partial charge in [-0.2, -0.15) is 0 Å². The van der Waals surface area contributed by atoms with E-state index in [1.165, 1.54) is 29.8 Å². The molecule has 0 amide bonds. The maximum Gasteiger partial charge on any atom is 0.1000 e. The number of aromatic nitrogens is 2. The summed E-state index contributed by atoms with van der Waals surface area (Å²) < 4.78 is 2.27. The Morgan fingerprint density at radius 1 is 1.14 bits per heavy atom. The topological polar surface area (TPSA) is 38.0 Å². The van der Waals surface area contributed by atoms with Gasteiger partial charge < -0.3 is 9.67 Å². The van der Waals surface area contributed by atoms with Crippen molar-refractivity contribution in [2.45, 2.75) is 57.1 Å². The van der Waals surface area contributed by atoms with Crippen LogP contribution >= 0.6 is 0 Å². The van der Waals surface area contributed by atoms with E-state index in [1.54, 1.807) is 0 Å². The number of hydrogen-bond acceptors (Lipinski definition) is 2. The summed E-state index contributed by atoms with van der Waals surface area (Å²) in [6.07, 6.45) is 7.22. The summed E-state index contributed by atoms with van der Waals surface area (Å²) in [4.78, 5) is 4.60. The molecule has 1 aromatic heterocycles. The summed E-state index contributed by atoms with van der Waals surface area (Å²) in [5.41, 5.74) is 5.01. The Morgan fingerprint density at radius 2 is 1.90 bits per heavy atom. The van der Waals surface area contributed by atoms with Gasteiger partial charge in [0.25, 0.3) is 0 Å². The van der Waals surface area contributed by atoms with E-state index in [0.717, 1.165) is 24.8 Å². The highest BCUT2D eigenvalue weighted by atomic mass is 16.3. The van der Waals surface area contributed by atoms with Crippen LogP contribution in [-0.2, 0) is 12.8 Å². The summed E-state index contributed by atoms with van der Waals surface area (Å²) in [6.45, 7) is 2.26.